The van der Waals surface area contributed by atoms with Gasteiger partial charge in [-0.05, 0) is 38.1 Å². The number of rotatable bonds is 5. The Morgan fingerprint density at radius 1 is 1.23 bits per heavy atom. The fourth-order valence-electron chi connectivity index (χ4n) is 2.54. The number of nitrogens with one attached hydrogen (secondary N) is 1. The Morgan fingerprint density at radius 3 is 2.69 bits per heavy atom. The molecule has 2 amide bonds. The summed E-state index contributed by atoms with van der Waals surface area (Å²) in [7, 11) is 0. The number of pyridine rings is 1. The van der Waals surface area contributed by atoms with Gasteiger partial charge in [-0.25, -0.2) is 9.48 Å². The molecule has 1 aromatic carbocycles. The molecule has 0 atom stereocenters. The summed E-state index contributed by atoms with van der Waals surface area (Å²) in [5.74, 6) is 0.509. The third-order valence-corrected chi connectivity index (χ3v) is 4.29. The highest BCUT2D eigenvalue weighted by atomic mass is 35.5. The number of para-hydroxylation sites is 1. The van der Waals surface area contributed by atoms with Crippen LogP contribution in [0.25, 0.3) is 5.69 Å². The number of hydrogen-bond donors (Lipinski definition) is 1. The molecule has 2 heterocycles. The Hall–Kier alpha value is -2.86. The Labute approximate surface area is 157 Å². The first-order valence-corrected chi connectivity index (χ1v) is 8.73. The largest absolute Gasteiger partial charge is 0.323 e. The molecule has 134 valence electrons. The maximum absolute atomic E-state index is 12.6. The molecule has 3 rings (SSSR count). The van der Waals surface area contributed by atoms with Crippen LogP contribution in [-0.2, 0) is 6.54 Å². The number of aryl methyl sites for hydroxylation is 1. The minimum absolute atomic E-state index is 0.217. The highest BCUT2D eigenvalue weighted by molar-refractivity contribution is 6.32. The normalized spacial score (nSPS) is 10.6. The van der Waals surface area contributed by atoms with Crippen molar-refractivity contribution in [2.45, 2.75) is 20.4 Å². The van der Waals surface area contributed by atoms with Crippen molar-refractivity contribution >= 4 is 23.4 Å². The molecular formula is C19H20ClN5O. The molecule has 0 saturated heterocycles. The SMILES string of the molecule is CCN(Cc1ccccn1)C(=O)Nc1nn(-c2ccccc2Cl)cc1C. The lowest BCUT2D eigenvalue weighted by Gasteiger charge is -2.20. The zero-order chi connectivity index (χ0) is 18.5. The van der Waals surface area contributed by atoms with Gasteiger partial charge in [-0.15, -0.1) is 5.10 Å². The van der Waals surface area contributed by atoms with Gasteiger partial charge in [0.15, 0.2) is 5.82 Å². The molecule has 0 spiro atoms. The Balaban J connectivity index is 1.75. The molecule has 0 bridgehead atoms. The Kier molecular flexibility index (Phi) is 5.53. The summed E-state index contributed by atoms with van der Waals surface area (Å²) in [4.78, 5) is 18.6. The molecular weight excluding hydrogens is 350 g/mol. The lowest BCUT2D eigenvalue weighted by Crippen LogP contribution is -2.34. The molecule has 0 aliphatic rings. The highest BCUT2D eigenvalue weighted by Crippen LogP contribution is 2.22. The second-order valence-corrected chi connectivity index (χ2v) is 6.23. The fourth-order valence-corrected chi connectivity index (χ4v) is 2.76. The molecule has 7 heteroatoms. The molecule has 6 nitrogen and oxygen atoms in total. The van der Waals surface area contributed by atoms with Crippen molar-refractivity contribution in [3.8, 4) is 5.69 Å². The predicted molar refractivity (Wildman–Crippen MR) is 103 cm³/mol. The summed E-state index contributed by atoms with van der Waals surface area (Å²) >= 11 is 6.23. The van der Waals surface area contributed by atoms with Crippen molar-refractivity contribution in [3.05, 3.63) is 71.1 Å². The monoisotopic (exact) mass is 369 g/mol. The summed E-state index contributed by atoms with van der Waals surface area (Å²) in [5, 5.41) is 7.93. The van der Waals surface area contributed by atoms with E-state index in [0.29, 0.717) is 23.9 Å². The van der Waals surface area contributed by atoms with E-state index in [0.717, 1.165) is 16.9 Å². The Morgan fingerprint density at radius 2 is 2.00 bits per heavy atom. The van der Waals surface area contributed by atoms with Gasteiger partial charge in [0.1, 0.15) is 0 Å². The van der Waals surface area contributed by atoms with E-state index in [1.807, 2.05) is 56.4 Å². The van der Waals surface area contributed by atoms with Crippen molar-refractivity contribution in [2.75, 3.05) is 11.9 Å². The highest BCUT2D eigenvalue weighted by Gasteiger charge is 2.16. The second-order valence-electron chi connectivity index (χ2n) is 5.82. The molecule has 0 radical (unpaired) electrons. The third kappa shape index (κ3) is 4.03. The van der Waals surface area contributed by atoms with Gasteiger partial charge in [0.2, 0.25) is 0 Å². The summed E-state index contributed by atoms with van der Waals surface area (Å²) in [6.07, 6.45) is 3.56. The summed E-state index contributed by atoms with van der Waals surface area (Å²) < 4.78 is 1.67. The van der Waals surface area contributed by atoms with Gasteiger partial charge in [-0.1, -0.05) is 29.8 Å². The van der Waals surface area contributed by atoms with E-state index in [4.69, 9.17) is 11.6 Å². The third-order valence-electron chi connectivity index (χ3n) is 3.97. The molecule has 0 saturated carbocycles. The van der Waals surface area contributed by atoms with Gasteiger partial charge < -0.3 is 4.90 Å². The number of carbonyl (C=O) groups excluding carboxylic acids is 1. The Bertz CT molecular complexity index is 894. The average molecular weight is 370 g/mol. The summed E-state index contributed by atoms with van der Waals surface area (Å²) in [6, 6.07) is 12.9. The molecule has 0 fully saturated rings. The first-order valence-electron chi connectivity index (χ1n) is 8.35. The quantitative estimate of drug-likeness (QED) is 0.730. The van der Waals surface area contributed by atoms with Gasteiger partial charge in [-0.3, -0.25) is 10.3 Å². The van der Waals surface area contributed by atoms with Crippen molar-refractivity contribution in [3.63, 3.8) is 0 Å². The molecule has 0 aliphatic carbocycles. The zero-order valence-electron chi connectivity index (χ0n) is 14.7. The number of halogens is 1. The topological polar surface area (TPSA) is 63.1 Å². The van der Waals surface area contributed by atoms with Crippen LogP contribution in [0.2, 0.25) is 5.02 Å². The van der Waals surface area contributed by atoms with E-state index in [2.05, 4.69) is 15.4 Å². The van der Waals surface area contributed by atoms with E-state index >= 15 is 0 Å². The number of urea groups is 1. The van der Waals surface area contributed by atoms with Crippen molar-refractivity contribution in [2.24, 2.45) is 0 Å². The molecule has 26 heavy (non-hydrogen) atoms. The lowest BCUT2D eigenvalue weighted by molar-refractivity contribution is 0.211. The minimum atomic E-state index is -0.217. The lowest BCUT2D eigenvalue weighted by atomic mass is 10.3. The molecule has 0 unspecified atom stereocenters. The maximum atomic E-state index is 12.6. The van der Waals surface area contributed by atoms with E-state index in [-0.39, 0.29) is 6.03 Å². The smallest absolute Gasteiger partial charge is 0.319 e. The van der Waals surface area contributed by atoms with Crippen LogP contribution in [-0.4, -0.2) is 32.2 Å². The van der Waals surface area contributed by atoms with Gasteiger partial charge in [0.25, 0.3) is 0 Å². The first-order chi connectivity index (χ1) is 12.6. The number of anilines is 1. The van der Waals surface area contributed by atoms with Gasteiger partial charge in [0, 0.05) is 24.5 Å². The van der Waals surface area contributed by atoms with Crippen LogP contribution < -0.4 is 5.32 Å². The first kappa shape index (κ1) is 17.9. The number of carbonyl (C=O) groups is 1. The van der Waals surface area contributed by atoms with Gasteiger partial charge in [-0.2, -0.15) is 0 Å². The van der Waals surface area contributed by atoms with E-state index in [1.54, 1.807) is 21.8 Å². The number of benzene rings is 1. The van der Waals surface area contributed by atoms with E-state index < -0.39 is 0 Å². The number of aromatic nitrogens is 3. The van der Waals surface area contributed by atoms with Crippen LogP contribution in [0.3, 0.4) is 0 Å². The summed E-state index contributed by atoms with van der Waals surface area (Å²) in [5.41, 5.74) is 2.45. The fraction of sp³-hybridized carbons (Fsp3) is 0.211. The minimum Gasteiger partial charge on any atom is -0.319 e. The average Bonchev–Trinajstić information content (AvgIpc) is 3.01. The number of nitrogens with zero attached hydrogens (tertiary/aromatic N) is 4. The van der Waals surface area contributed by atoms with Crippen LogP contribution in [0.1, 0.15) is 18.2 Å². The molecule has 2 aromatic heterocycles. The van der Waals surface area contributed by atoms with Crippen molar-refractivity contribution in [1.29, 1.82) is 0 Å². The molecule has 0 aliphatic heterocycles. The summed E-state index contributed by atoms with van der Waals surface area (Å²) in [6.45, 7) is 4.82. The van der Waals surface area contributed by atoms with E-state index in [9.17, 15) is 4.79 Å². The maximum Gasteiger partial charge on any atom is 0.323 e. The van der Waals surface area contributed by atoms with Gasteiger partial charge >= 0.3 is 6.03 Å². The van der Waals surface area contributed by atoms with Crippen LogP contribution in [0.4, 0.5) is 10.6 Å². The van der Waals surface area contributed by atoms with Crippen LogP contribution in [0, 0.1) is 6.92 Å². The van der Waals surface area contributed by atoms with Crippen LogP contribution in [0.15, 0.2) is 54.9 Å². The number of amides is 2. The van der Waals surface area contributed by atoms with Gasteiger partial charge in [0.05, 0.1) is 22.9 Å². The predicted octanol–water partition coefficient (Wildman–Crippen LogP) is 4.28. The zero-order valence-corrected chi connectivity index (χ0v) is 15.4. The molecule has 1 N–H and O–H groups in total. The standard InChI is InChI=1S/C19H20ClN5O/c1-3-24(13-15-8-6-7-11-21-15)19(26)22-18-14(2)12-25(23-18)17-10-5-4-9-16(17)20/h4-12H,3,13H2,1-2H3,(H,22,23,26). The molecule has 3 aromatic rings. The van der Waals surface area contributed by atoms with Crippen molar-refractivity contribution in [1.82, 2.24) is 19.7 Å². The van der Waals surface area contributed by atoms with Crippen molar-refractivity contribution < 1.29 is 4.79 Å². The van der Waals surface area contributed by atoms with E-state index in [1.165, 1.54) is 0 Å². The number of hydrogen-bond acceptors (Lipinski definition) is 3. The van der Waals surface area contributed by atoms with Crippen LogP contribution >= 0.6 is 11.6 Å². The second kappa shape index (κ2) is 8.01. The van der Waals surface area contributed by atoms with Crippen LogP contribution in [0.5, 0.6) is 0 Å².